The Balaban J connectivity index is 0.00000160. The van der Waals surface area contributed by atoms with Crippen LogP contribution in [-0.2, 0) is 20.3 Å². The Bertz CT molecular complexity index is 1840. The third-order valence-corrected chi connectivity index (χ3v) is 17.5. The Morgan fingerprint density at radius 3 is 1.56 bits per heavy atom. The molecule has 9 aliphatic heterocycles. The van der Waals surface area contributed by atoms with Crippen LogP contribution in [0.1, 0.15) is 36.8 Å². The second-order valence-corrected chi connectivity index (χ2v) is 18.3. The van der Waals surface area contributed by atoms with Gasteiger partial charge >= 0.3 is 0 Å². The van der Waals surface area contributed by atoms with Gasteiger partial charge in [-0.2, -0.15) is 0 Å². The van der Waals surface area contributed by atoms with Crippen LogP contribution in [0.3, 0.4) is 0 Å². The van der Waals surface area contributed by atoms with Gasteiger partial charge in [-0.1, -0.05) is 61.7 Å². The first-order valence-electron chi connectivity index (χ1n) is 19.9. The lowest BCUT2D eigenvalue weighted by Gasteiger charge is -2.65. The number of rotatable bonds is 4. The zero-order valence-electron chi connectivity index (χ0n) is 30.0. The predicted molar refractivity (Wildman–Crippen MR) is 195 cm³/mol. The third kappa shape index (κ3) is 3.39. The summed E-state index contributed by atoms with van der Waals surface area (Å²) < 4.78 is 17.4. The van der Waals surface area contributed by atoms with Gasteiger partial charge in [-0.15, -0.1) is 0 Å². The molecule has 0 amide bonds. The Morgan fingerprint density at radius 1 is 0.673 bits per heavy atom. The number of para-hydroxylation sites is 2. The van der Waals surface area contributed by atoms with Crippen LogP contribution >= 0.6 is 0 Å². The van der Waals surface area contributed by atoms with E-state index in [1.165, 1.54) is 59.1 Å². The Hall–Kier alpha value is -2.20. The lowest BCUT2D eigenvalue weighted by atomic mass is 9.52. The molecule has 2 aromatic carbocycles. The van der Waals surface area contributed by atoms with Crippen molar-refractivity contribution in [1.29, 1.82) is 0 Å². The van der Waals surface area contributed by atoms with E-state index in [-0.39, 0.29) is 57.2 Å². The molecule has 0 aromatic heterocycles. The van der Waals surface area contributed by atoms with Crippen LogP contribution in [0.5, 0.6) is 0 Å². The first-order valence-corrected chi connectivity index (χ1v) is 19.9. The molecular formula is C44H50Br2N4O2. The van der Waals surface area contributed by atoms with Gasteiger partial charge in [-0.3, -0.25) is 0 Å². The van der Waals surface area contributed by atoms with Crippen molar-refractivity contribution in [2.45, 2.75) is 73.1 Å². The van der Waals surface area contributed by atoms with Crippen LogP contribution in [0.25, 0.3) is 0 Å². The van der Waals surface area contributed by atoms with Crippen LogP contribution < -0.4 is 43.8 Å². The molecule has 11 aliphatic rings. The molecule has 0 radical (unpaired) electrons. The average Bonchev–Trinajstić information content (AvgIpc) is 3.75. The molecular weight excluding hydrogens is 776 g/mol. The molecule has 2 aromatic rings. The number of ether oxygens (including phenoxy) is 2. The smallest absolute Gasteiger partial charge is 0.136 e. The van der Waals surface area contributed by atoms with E-state index < -0.39 is 0 Å². The topological polar surface area (TPSA) is 24.9 Å². The molecule has 52 heavy (non-hydrogen) atoms. The van der Waals surface area contributed by atoms with Crippen LogP contribution in [-0.4, -0.2) is 98.1 Å². The summed E-state index contributed by atoms with van der Waals surface area (Å²) in [4.78, 5) is 5.95. The molecule has 13 rings (SSSR count). The largest absolute Gasteiger partial charge is 1.00 e. The summed E-state index contributed by atoms with van der Waals surface area (Å²) >= 11 is 0. The van der Waals surface area contributed by atoms with E-state index in [1.807, 2.05) is 0 Å². The summed E-state index contributed by atoms with van der Waals surface area (Å²) in [6.07, 6.45) is 14.7. The van der Waals surface area contributed by atoms with Crippen molar-refractivity contribution in [3.8, 4) is 0 Å². The first kappa shape index (κ1) is 33.2. The molecule has 9 heterocycles. The normalized spacial score (nSPS) is 47.9. The second-order valence-electron chi connectivity index (χ2n) is 18.3. The van der Waals surface area contributed by atoms with Crippen LogP contribution in [0.4, 0.5) is 11.4 Å². The van der Waals surface area contributed by atoms with Crippen molar-refractivity contribution in [1.82, 2.24) is 0 Å². The second kappa shape index (κ2) is 10.8. The van der Waals surface area contributed by atoms with Gasteiger partial charge in [0, 0.05) is 60.7 Å². The van der Waals surface area contributed by atoms with Crippen molar-refractivity contribution >= 4 is 11.4 Å². The number of benzene rings is 2. The van der Waals surface area contributed by atoms with Gasteiger partial charge in [0.1, 0.15) is 37.6 Å². The Morgan fingerprint density at radius 2 is 1.12 bits per heavy atom. The van der Waals surface area contributed by atoms with Gasteiger partial charge in [0.15, 0.2) is 0 Å². The minimum Gasteiger partial charge on any atom is -1.00 e. The lowest BCUT2D eigenvalue weighted by Crippen LogP contribution is -3.00. The predicted octanol–water partition coefficient (Wildman–Crippen LogP) is -0.324. The molecule has 2 spiro atoms. The van der Waals surface area contributed by atoms with Gasteiger partial charge in [0.25, 0.3) is 0 Å². The monoisotopic (exact) mass is 824 g/mol. The van der Waals surface area contributed by atoms with Gasteiger partial charge in [-0.25, -0.2) is 0 Å². The highest BCUT2D eigenvalue weighted by Gasteiger charge is 2.80. The number of fused-ring (bicyclic) bond motifs is 6. The fraction of sp³-hybridized carbons (Fsp3) is 0.545. The Kier molecular flexibility index (Phi) is 6.86. The summed E-state index contributed by atoms with van der Waals surface area (Å²) in [5.41, 5.74) is 9.71. The van der Waals surface area contributed by atoms with Gasteiger partial charge in [-0.05, 0) is 46.6 Å². The SMILES string of the molecule is C=CC[N@+]12CC[C@@]34c5ccccc5N5[C@@H]6OCC=C7C[N@+]8(CC=C)CC[C@]9%10c%11ccccc%11N([C@@H]%11OCC=C(C1)[C@H](CC32)[C@@H]%11[C@H]54)[C@H]9[C@H]6[C@H]7C[C@@H]%108.[Br-].[Br-]. The van der Waals surface area contributed by atoms with Crippen LogP contribution in [0.15, 0.2) is 97.1 Å². The molecule has 7 fully saturated rings. The number of hydrogen-bond acceptors (Lipinski definition) is 4. The van der Waals surface area contributed by atoms with E-state index in [4.69, 9.17) is 9.47 Å². The van der Waals surface area contributed by atoms with Gasteiger partial charge in [0.2, 0.25) is 0 Å². The summed E-state index contributed by atoms with van der Waals surface area (Å²) in [7, 11) is 0. The molecule has 14 atom stereocenters. The maximum atomic E-state index is 7.51. The maximum absolute atomic E-state index is 7.51. The minimum absolute atomic E-state index is 0. The average molecular weight is 827 g/mol. The molecule has 272 valence electrons. The number of hydrogen-bond donors (Lipinski definition) is 0. The summed E-state index contributed by atoms with van der Waals surface area (Å²) in [6.45, 7) is 17.1. The van der Waals surface area contributed by atoms with E-state index in [0.717, 1.165) is 39.4 Å². The van der Waals surface area contributed by atoms with Crippen LogP contribution in [0, 0.1) is 23.7 Å². The first-order chi connectivity index (χ1) is 24.6. The van der Waals surface area contributed by atoms with Gasteiger partial charge in [0.05, 0.1) is 62.3 Å². The van der Waals surface area contributed by atoms with Crippen molar-refractivity contribution in [3.05, 3.63) is 108 Å². The highest BCUT2D eigenvalue weighted by molar-refractivity contribution is 5.72. The van der Waals surface area contributed by atoms with Crippen molar-refractivity contribution < 1.29 is 52.4 Å². The number of halogens is 2. The van der Waals surface area contributed by atoms with Crippen molar-refractivity contribution in [3.63, 3.8) is 0 Å². The Labute approximate surface area is 329 Å². The third-order valence-electron chi connectivity index (χ3n) is 17.5. The number of piperidine rings is 2. The molecule has 8 heteroatoms. The molecule has 4 bridgehead atoms. The van der Waals surface area contributed by atoms with E-state index in [1.54, 1.807) is 22.3 Å². The minimum atomic E-state index is 0. The molecule has 0 N–H and O–H groups in total. The highest BCUT2D eigenvalue weighted by Crippen LogP contribution is 2.72. The van der Waals surface area contributed by atoms with E-state index in [0.29, 0.717) is 47.8 Å². The number of nitrogens with zero attached hydrogens (tertiary/aromatic N) is 4. The fourth-order valence-electron chi connectivity index (χ4n) is 16.4. The highest BCUT2D eigenvalue weighted by atomic mass is 79.9. The van der Waals surface area contributed by atoms with E-state index in [2.05, 4.69) is 95.8 Å². The van der Waals surface area contributed by atoms with Crippen molar-refractivity contribution in [2.75, 3.05) is 62.3 Å². The summed E-state index contributed by atoms with van der Waals surface area (Å²) in [5.74, 6) is 1.79. The molecule has 1 unspecified atom stereocenters. The zero-order chi connectivity index (χ0) is 32.8. The zero-order valence-corrected chi connectivity index (χ0v) is 33.1. The maximum Gasteiger partial charge on any atom is 0.136 e. The number of quaternary nitrogens is 2. The summed E-state index contributed by atoms with van der Waals surface area (Å²) in [6, 6.07) is 21.3. The molecule has 5 saturated heterocycles. The fourth-order valence-corrected chi connectivity index (χ4v) is 16.4. The van der Waals surface area contributed by atoms with Crippen LogP contribution in [0.2, 0.25) is 0 Å². The molecule has 2 aliphatic carbocycles. The molecule has 6 nitrogen and oxygen atoms in total. The number of anilines is 2. The lowest BCUT2D eigenvalue weighted by molar-refractivity contribution is -0.938. The van der Waals surface area contributed by atoms with E-state index in [9.17, 15) is 0 Å². The van der Waals surface area contributed by atoms with E-state index >= 15 is 0 Å². The standard InChI is InChI=1S/C44H50N4O2.2BrH/c1-3-17-47-19-15-43-31-9-5-7-11-33(31)45-39(43)37-29(23-35(43)47)27(25-47)13-21-49-41(37)46-34-12-8-6-10-32(34)44-16-20-48(18-4-2)26-28-14-22-50-42(45)38(40(44)46)30(28)24-36(44)48;;/h3-14,29-30,35-42H,1-2,15-26H2;2*1H/q+2;;/p-2/t29-,30-,35-,36?,37+,38+,39-,40-,41+,42+,43+,44+,47-,48-;;/m0../s1. The molecule has 2 saturated carbocycles. The summed E-state index contributed by atoms with van der Waals surface area (Å²) in [5, 5.41) is 0. The van der Waals surface area contributed by atoms with Crippen molar-refractivity contribution in [2.24, 2.45) is 23.7 Å². The van der Waals surface area contributed by atoms with Gasteiger partial charge < -0.3 is 62.2 Å². The quantitative estimate of drug-likeness (QED) is 0.312.